The normalized spacial score (nSPS) is 18.1. The number of carbonyl (C=O) groups excluding carboxylic acids is 2. The van der Waals surface area contributed by atoms with Crippen molar-refractivity contribution in [1.29, 1.82) is 0 Å². The number of aliphatic hydroxyl groups is 1. The summed E-state index contributed by atoms with van der Waals surface area (Å²) in [5.41, 5.74) is 1.11. The van der Waals surface area contributed by atoms with Gasteiger partial charge in [0.15, 0.2) is 11.5 Å². The summed E-state index contributed by atoms with van der Waals surface area (Å²) in [6.45, 7) is 2.43. The Bertz CT molecular complexity index is 1430. The average molecular weight is 525 g/mol. The lowest BCUT2D eigenvalue weighted by molar-refractivity contribution is -0.144. The van der Waals surface area contributed by atoms with E-state index in [4.69, 9.17) is 9.26 Å². The summed E-state index contributed by atoms with van der Waals surface area (Å²) in [5, 5.41) is 20.1. The van der Waals surface area contributed by atoms with Crippen LogP contribution < -0.4 is 0 Å². The fourth-order valence-electron chi connectivity index (χ4n) is 4.12. The molecule has 5 rings (SSSR count). The summed E-state index contributed by atoms with van der Waals surface area (Å²) in [7, 11) is 1.64. The van der Waals surface area contributed by atoms with E-state index in [-0.39, 0.29) is 24.5 Å². The summed E-state index contributed by atoms with van der Waals surface area (Å²) in [6.07, 6.45) is 0.239. The van der Waals surface area contributed by atoms with Crippen LogP contribution >= 0.6 is 15.9 Å². The first-order valence-electron chi connectivity index (χ1n) is 10.7. The Morgan fingerprint density at radius 2 is 2.09 bits per heavy atom. The summed E-state index contributed by atoms with van der Waals surface area (Å²) < 4.78 is 13.1. The molecule has 0 spiro atoms. The fourth-order valence-corrected chi connectivity index (χ4v) is 4.48. The van der Waals surface area contributed by atoms with Gasteiger partial charge in [-0.1, -0.05) is 33.2 Å². The number of ether oxygens (including phenoxy) is 1. The third kappa shape index (κ3) is 3.59. The number of fused-ring (bicyclic) bond motifs is 1. The highest BCUT2D eigenvalue weighted by Gasteiger charge is 2.48. The molecule has 3 heterocycles. The first-order chi connectivity index (χ1) is 16.3. The fraction of sp³-hybridized carbons (Fsp3) is 0.250. The van der Waals surface area contributed by atoms with E-state index in [9.17, 15) is 14.7 Å². The van der Waals surface area contributed by atoms with Crippen molar-refractivity contribution in [2.24, 2.45) is 0 Å². The van der Waals surface area contributed by atoms with E-state index in [2.05, 4.69) is 26.2 Å². The van der Waals surface area contributed by atoms with Gasteiger partial charge in [-0.2, -0.15) is 5.10 Å². The Kier molecular flexibility index (Phi) is 5.49. The molecule has 1 aliphatic rings. The second-order valence-electron chi connectivity index (χ2n) is 8.11. The van der Waals surface area contributed by atoms with E-state index >= 15 is 0 Å². The molecule has 1 saturated heterocycles. The number of nitrogens with zero attached hydrogens (tertiary/aromatic N) is 4. The molecule has 1 fully saturated rings. The first-order valence-corrected chi connectivity index (χ1v) is 11.5. The maximum Gasteiger partial charge on any atom is 0.359 e. The van der Waals surface area contributed by atoms with Gasteiger partial charge in [-0.05, 0) is 37.3 Å². The zero-order valence-corrected chi connectivity index (χ0v) is 20.1. The Balaban J connectivity index is 1.56. The maximum atomic E-state index is 12.5. The number of esters is 1. The molecule has 9 nitrogen and oxygen atoms in total. The SMILES string of the molecule is CCOC(=O)c1nn(-c2cccc(-c3cc([C@]4(O)CCN(C)C4=O)on3)c2)c2ccc(Br)cc12. The van der Waals surface area contributed by atoms with Crippen molar-refractivity contribution in [3.05, 3.63) is 64.5 Å². The third-order valence-corrected chi connectivity index (χ3v) is 6.42. The van der Waals surface area contributed by atoms with Crippen LogP contribution in [0.2, 0.25) is 0 Å². The summed E-state index contributed by atoms with van der Waals surface area (Å²) in [4.78, 5) is 26.4. The highest BCUT2D eigenvalue weighted by molar-refractivity contribution is 9.10. The van der Waals surface area contributed by atoms with E-state index in [1.807, 2.05) is 42.5 Å². The quantitative estimate of drug-likeness (QED) is 0.396. The molecule has 0 radical (unpaired) electrons. The molecule has 1 aliphatic heterocycles. The Labute approximate surface area is 203 Å². The molecule has 0 aliphatic carbocycles. The summed E-state index contributed by atoms with van der Waals surface area (Å²) in [5.74, 6) is -0.799. The van der Waals surface area contributed by atoms with Gasteiger partial charge in [0.1, 0.15) is 5.69 Å². The zero-order valence-electron chi connectivity index (χ0n) is 18.5. The van der Waals surface area contributed by atoms with Crippen LogP contribution in [0, 0.1) is 0 Å². The van der Waals surface area contributed by atoms with E-state index in [0.29, 0.717) is 28.9 Å². The van der Waals surface area contributed by atoms with Gasteiger partial charge in [0.05, 0.1) is 17.8 Å². The zero-order chi connectivity index (χ0) is 24.0. The van der Waals surface area contributed by atoms with Crippen LogP contribution in [0.25, 0.3) is 27.8 Å². The molecule has 34 heavy (non-hydrogen) atoms. The van der Waals surface area contributed by atoms with Crippen molar-refractivity contribution in [2.75, 3.05) is 20.2 Å². The Morgan fingerprint density at radius 1 is 1.26 bits per heavy atom. The van der Waals surface area contributed by atoms with Gasteiger partial charge < -0.3 is 19.3 Å². The Hall–Kier alpha value is -3.50. The van der Waals surface area contributed by atoms with Crippen LogP contribution in [-0.4, -0.2) is 57.0 Å². The molecule has 2 aromatic heterocycles. The van der Waals surface area contributed by atoms with Crippen LogP contribution in [-0.2, 0) is 15.1 Å². The van der Waals surface area contributed by atoms with Gasteiger partial charge in [-0.15, -0.1) is 0 Å². The number of likely N-dealkylation sites (N-methyl/N-ethyl adjacent to an activating group) is 1. The second-order valence-corrected chi connectivity index (χ2v) is 9.02. The molecule has 4 aromatic rings. The predicted molar refractivity (Wildman–Crippen MR) is 126 cm³/mol. The molecule has 1 atom stereocenters. The molecule has 174 valence electrons. The van der Waals surface area contributed by atoms with Crippen molar-refractivity contribution in [3.63, 3.8) is 0 Å². The van der Waals surface area contributed by atoms with Crippen LogP contribution in [0.4, 0.5) is 0 Å². The van der Waals surface area contributed by atoms with Crippen molar-refractivity contribution in [3.8, 4) is 16.9 Å². The van der Waals surface area contributed by atoms with E-state index < -0.39 is 17.5 Å². The minimum absolute atomic E-state index is 0.112. The number of benzene rings is 2. The number of rotatable bonds is 5. The van der Waals surface area contributed by atoms with Crippen LogP contribution in [0.1, 0.15) is 29.6 Å². The lowest BCUT2D eigenvalue weighted by Gasteiger charge is -2.16. The van der Waals surface area contributed by atoms with E-state index in [1.54, 1.807) is 24.7 Å². The minimum atomic E-state index is -1.71. The van der Waals surface area contributed by atoms with Crippen LogP contribution in [0.15, 0.2) is 57.5 Å². The lowest BCUT2D eigenvalue weighted by atomic mass is 9.98. The number of aromatic nitrogens is 3. The summed E-state index contributed by atoms with van der Waals surface area (Å²) >= 11 is 3.45. The van der Waals surface area contributed by atoms with Gasteiger partial charge in [0.25, 0.3) is 5.91 Å². The monoisotopic (exact) mass is 524 g/mol. The lowest BCUT2D eigenvalue weighted by Crippen LogP contribution is -2.35. The highest BCUT2D eigenvalue weighted by atomic mass is 79.9. The van der Waals surface area contributed by atoms with Gasteiger partial charge in [-0.25, -0.2) is 9.48 Å². The Morgan fingerprint density at radius 3 is 2.82 bits per heavy atom. The van der Waals surface area contributed by atoms with Crippen molar-refractivity contribution in [1.82, 2.24) is 19.8 Å². The first kappa shape index (κ1) is 22.3. The average Bonchev–Trinajstić information content (AvgIpc) is 3.53. The van der Waals surface area contributed by atoms with Crippen molar-refractivity contribution >= 4 is 38.7 Å². The largest absolute Gasteiger partial charge is 0.461 e. The molecule has 0 saturated carbocycles. The number of hydrogen-bond acceptors (Lipinski definition) is 7. The molecule has 0 bridgehead atoms. The number of carbonyl (C=O) groups is 2. The number of halogens is 1. The highest BCUT2D eigenvalue weighted by Crippen LogP contribution is 2.35. The van der Waals surface area contributed by atoms with Gasteiger partial charge in [-0.3, -0.25) is 4.79 Å². The van der Waals surface area contributed by atoms with Crippen molar-refractivity contribution in [2.45, 2.75) is 18.9 Å². The molecular formula is C24H21BrN4O5. The van der Waals surface area contributed by atoms with Gasteiger partial charge >= 0.3 is 5.97 Å². The number of amides is 1. The molecular weight excluding hydrogens is 504 g/mol. The predicted octanol–water partition coefficient (Wildman–Crippen LogP) is 3.67. The molecule has 10 heteroatoms. The standard InChI is InChI=1S/C24H21BrN4O5/c1-3-33-22(30)21-17-12-15(25)7-8-19(17)29(26-21)16-6-4-5-14(11-16)18-13-20(34-27-18)24(32)9-10-28(2)23(24)31/h4-8,11-13,32H,3,9-10H2,1-2H3/t24-/m1/s1. The molecule has 2 aromatic carbocycles. The van der Waals surface area contributed by atoms with E-state index in [1.165, 1.54) is 4.90 Å². The minimum Gasteiger partial charge on any atom is -0.461 e. The summed E-state index contributed by atoms with van der Waals surface area (Å²) in [6, 6.07) is 14.5. The van der Waals surface area contributed by atoms with Crippen LogP contribution in [0.5, 0.6) is 0 Å². The van der Waals surface area contributed by atoms with E-state index in [0.717, 1.165) is 9.99 Å². The maximum absolute atomic E-state index is 12.5. The van der Waals surface area contributed by atoms with Crippen molar-refractivity contribution < 1.29 is 24.0 Å². The van der Waals surface area contributed by atoms with Crippen LogP contribution in [0.3, 0.4) is 0 Å². The molecule has 0 unspecified atom stereocenters. The smallest absolute Gasteiger partial charge is 0.359 e. The molecule has 1 N–H and O–H groups in total. The molecule has 1 amide bonds. The van der Waals surface area contributed by atoms with Gasteiger partial charge in [0.2, 0.25) is 5.60 Å². The third-order valence-electron chi connectivity index (χ3n) is 5.92. The van der Waals surface area contributed by atoms with Gasteiger partial charge in [0, 0.05) is 41.5 Å². The number of likely N-dealkylation sites (tertiary alicyclic amines) is 1. The number of hydrogen-bond donors (Lipinski definition) is 1. The second kappa shape index (κ2) is 8.37. The topological polar surface area (TPSA) is 111 Å².